The lowest BCUT2D eigenvalue weighted by atomic mass is 9.80. The molecule has 0 radical (unpaired) electrons. The van der Waals surface area contributed by atoms with Crippen LogP contribution >= 0.6 is 12.2 Å². The summed E-state index contributed by atoms with van der Waals surface area (Å²) in [5.74, 6) is 0. The van der Waals surface area contributed by atoms with Gasteiger partial charge in [0.2, 0.25) is 0 Å². The Morgan fingerprint density at radius 3 is 1.35 bits per heavy atom. The maximum atomic E-state index is 13.2. The Balaban J connectivity index is 2.16. The van der Waals surface area contributed by atoms with Crippen LogP contribution in [0, 0.1) is 0 Å². The number of thiocarbonyl (C=S) groups is 1. The first-order valence-corrected chi connectivity index (χ1v) is 8.97. The molecule has 0 N–H and O–H groups in total. The molecule has 2 aliphatic heterocycles. The normalized spacial score (nSPS) is 28.2. The molecule has 0 saturated carbocycles. The molecule has 0 aliphatic carbocycles. The highest BCUT2D eigenvalue weighted by Gasteiger charge is 2.75. The number of carbonyl (C=O) groups excluding carboxylic acids is 1. The van der Waals surface area contributed by atoms with Gasteiger partial charge in [-0.3, -0.25) is 9.80 Å². The van der Waals surface area contributed by atoms with Crippen molar-refractivity contribution in [3.05, 3.63) is 71.8 Å². The molecule has 0 spiro atoms. The second kappa shape index (κ2) is 5.45. The summed E-state index contributed by atoms with van der Waals surface area (Å²) in [5, 5.41) is 0.698. The Morgan fingerprint density at radius 2 is 1.00 bits per heavy atom. The van der Waals surface area contributed by atoms with E-state index in [0.717, 1.165) is 11.1 Å². The van der Waals surface area contributed by atoms with Crippen LogP contribution in [-0.4, -0.2) is 58.9 Å². The molecule has 134 valence electrons. The lowest BCUT2D eigenvalue weighted by molar-refractivity contribution is -0.0475. The first-order valence-electron chi connectivity index (χ1n) is 8.56. The first-order chi connectivity index (χ1) is 12.4. The third kappa shape index (κ3) is 1.61. The average molecular weight is 366 g/mol. The molecule has 2 unspecified atom stereocenters. The molecule has 4 rings (SSSR count). The molecule has 5 nitrogen and oxygen atoms in total. The Bertz CT molecular complexity index is 772. The summed E-state index contributed by atoms with van der Waals surface area (Å²) in [5.41, 5.74) is 0.511. The minimum atomic E-state index is -0.771. The quantitative estimate of drug-likeness (QED) is 0.765. The summed E-state index contributed by atoms with van der Waals surface area (Å²) in [6.45, 7) is 0. The summed E-state index contributed by atoms with van der Waals surface area (Å²) in [4.78, 5) is 20.9. The number of carbonyl (C=O) groups is 1. The summed E-state index contributed by atoms with van der Waals surface area (Å²) in [6.07, 6.45) is 0. The fourth-order valence-electron chi connectivity index (χ4n) is 4.91. The molecule has 0 aromatic heterocycles. The number of hydrogen-bond donors (Lipinski definition) is 0. The number of fused-ring (bicyclic) bond motifs is 1. The topological polar surface area (TPSA) is 30.0 Å². The van der Waals surface area contributed by atoms with Gasteiger partial charge in [-0.1, -0.05) is 60.7 Å². The van der Waals surface area contributed by atoms with Gasteiger partial charge in [0.05, 0.1) is 0 Å². The Kier molecular flexibility index (Phi) is 3.53. The van der Waals surface area contributed by atoms with Crippen LogP contribution in [0.15, 0.2) is 60.7 Å². The van der Waals surface area contributed by atoms with Crippen LogP contribution in [-0.2, 0) is 11.3 Å². The van der Waals surface area contributed by atoms with Gasteiger partial charge in [0, 0.05) is 39.3 Å². The van der Waals surface area contributed by atoms with Crippen molar-refractivity contribution >= 4 is 23.4 Å². The molecule has 2 heterocycles. The van der Waals surface area contributed by atoms with Gasteiger partial charge in [0.1, 0.15) is 0 Å². The lowest BCUT2D eigenvalue weighted by Gasteiger charge is -2.48. The van der Waals surface area contributed by atoms with Crippen LogP contribution < -0.4 is 0 Å². The van der Waals surface area contributed by atoms with Gasteiger partial charge in [-0.25, -0.2) is 4.79 Å². The molecule has 2 fully saturated rings. The van der Waals surface area contributed by atoms with E-state index in [0.29, 0.717) is 5.11 Å². The molecule has 0 bridgehead atoms. The zero-order valence-electron chi connectivity index (χ0n) is 15.4. The van der Waals surface area contributed by atoms with E-state index < -0.39 is 11.3 Å². The maximum Gasteiger partial charge on any atom is 0.324 e. The Morgan fingerprint density at radius 1 is 0.654 bits per heavy atom. The van der Waals surface area contributed by atoms with Crippen molar-refractivity contribution in [1.82, 2.24) is 19.6 Å². The summed E-state index contributed by atoms with van der Waals surface area (Å²) >= 11 is 5.79. The van der Waals surface area contributed by atoms with Crippen molar-refractivity contribution in [2.24, 2.45) is 0 Å². The van der Waals surface area contributed by atoms with E-state index >= 15 is 0 Å². The second-order valence-electron chi connectivity index (χ2n) is 6.88. The van der Waals surface area contributed by atoms with Gasteiger partial charge >= 0.3 is 6.03 Å². The van der Waals surface area contributed by atoms with Crippen molar-refractivity contribution in [2.75, 3.05) is 28.2 Å². The molecular formula is C20H22N4OS. The number of urea groups is 1. The average Bonchev–Trinajstić information content (AvgIpc) is 2.98. The Labute approximate surface area is 159 Å². The fraction of sp³-hybridized carbons (Fsp3) is 0.300. The summed E-state index contributed by atoms with van der Waals surface area (Å²) in [6, 6.07) is 20.2. The van der Waals surface area contributed by atoms with Crippen molar-refractivity contribution in [3.63, 3.8) is 0 Å². The number of hydrogen-bond acceptors (Lipinski definition) is 2. The van der Waals surface area contributed by atoms with Gasteiger partial charge in [-0.05, 0) is 12.2 Å². The number of rotatable bonds is 2. The molecule has 2 aromatic carbocycles. The molecular weight excluding hydrogens is 344 g/mol. The van der Waals surface area contributed by atoms with E-state index in [2.05, 4.69) is 24.3 Å². The van der Waals surface area contributed by atoms with E-state index in [1.165, 1.54) is 0 Å². The predicted octanol–water partition coefficient (Wildman–Crippen LogP) is 2.85. The number of likely N-dealkylation sites (N-methyl/N-ethyl adjacent to an activating group) is 4. The van der Waals surface area contributed by atoms with Crippen LogP contribution in [0.1, 0.15) is 11.1 Å². The van der Waals surface area contributed by atoms with E-state index in [-0.39, 0.29) is 6.03 Å². The van der Waals surface area contributed by atoms with Crippen molar-refractivity contribution in [3.8, 4) is 0 Å². The summed E-state index contributed by atoms with van der Waals surface area (Å²) in [7, 11) is 7.66. The third-order valence-corrected chi connectivity index (χ3v) is 6.48. The monoisotopic (exact) mass is 366 g/mol. The predicted molar refractivity (Wildman–Crippen MR) is 105 cm³/mol. The fourth-order valence-corrected chi connectivity index (χ4v) is 5.17. The van der Waals surface area contributed by atoms with Crippen LogP contribution in [0.25, 0.3) is 0 Å². The number of nitrogens with zero attached hydrogens (tertiary/aromatic N) is 4. The molecule has 6 heteroatoms. The minimum absolute atomic E-state index is 0.0427. The zero-order chi connectivity index (χ0) is 18.7. The molecule has 2 aliphatic rings. The van der Waals surface area contributed by atoms with Crippen LogP contribution in [0.3, 0.4) is 0 Å². The standard InChI is InChI=1S/C20H22N4OS/c1-21-17(25)22(2)20(16-13-9-6-10-14-16)19(21,15-11-7-5-8-12-15)23(3)18(26)24(20)4/h5-14H,1-4H3. The Hall–Kier alpha value is -2.60. The number of benzene rings is 2. The van der Waals surface area contributed by atoms with Crippen molar-refractivity contribution in [1.29, 1.82) is 0 Å². The van der Waals surface area contributed by atoms with Crippen molar-refractivity contribution < 1.29 is 4.79 Å². The van der Waals surface area contributed by atoms with Gasteiger partial charge in [-0.2, -0.15) is 0 Å². The van der Waals surface area contributed by atoms with Gasteiger partial charge in [0.15, 0.2) is 16.4 Å². The van der Waals surface area contributed by atoms with Gasteiger partial charge < -0.3 is 9.80 Å². The minimum Gasteiger partial charge on any atom is -0.321 e. The SMILES string of the molecule is CN1C(=O)N(C)C2(c3ccccc3)N(C)C(=S)N(C)C12c1ccccc1. The van der Waals surface area contributed by atoms with Gasteiger partial charge in [-0.15, -0.1) is 0 Å². The molecule has 2 saturated heterocycles. The van der Waals surface area contributed by atoms with E-state index in [9.17, 15) is 4.79 Å². The molecule has 2 atom stereocenters. The highest BCUT2D eigenvalue weighted by Crippen LogP contribution is 2.60. The lowest BCUT2D eigenvalue weighted by Crippen LogP contribution is -2.61. The zero-order valence-corrected chi connectivity index (χ0v) is 16.2. The van der Waals surface area contributed by atoms with E-state index in [4.69, 9.17) is 12.2 Å². The first kappa shape index (κ1) is 16.8. The van der Waals surface area contributed by atoms with Crippen LogP contribution in [0.4, 0.5) is 4.79 Å². The number of amides is 2. The van der Waals surface area contributed by atoms with E-state index in [1.807, 2.05) is 84.2 Å². The largest absolute Gasteiger partial charge is 0.324 e. The summed E-state index contributed by atoms with van der Waals surface area (Å²) < 4.78 is 0. The maximum absolute atomic E-state index is 13.2. The smallest absolute Gasteiger partial charge is 0.321 e. The van der Waals surface area contributed by atoms with Crippen LogP contribution in [0.2, 0.25) is 0 Å². The van der Waals surface area contributed by atoms with E-state index in [1.54, 1.807) is 0 Å². The molecule has 26 heavy (non-hydrogen) atoms. The highest BCUT2D eigenvalue weighted by atomic mass is 32.1. The van der Waals surface area contributed by atoms with Gasteiger partial charge in [0.25, 0.3) is 0 Å². The molecule has 2 aromatic rings. The highest BCUT2D eigenvalue weighted by molar-refractivity contribution is 7.80. The third-order valence-electron chi connectivity index (χ3n) is 5.93. The second-order valence-corrected chi connectivity index (χ2v) is 7.24. The molecule has 2 amide bonds. The van der Waals surface area contributed by atoms with Crippen molar-refractivity contribution in [2.45, 2.75) is 11.3 Å². The van der Waals surface area contributed by atoms with Crippen LogP contribution in [0.5, 0.6) is 0 Å².